The number of nitrogens with zero attached hydrogens (tertiary/aromatic N) is 4. The van der Waals surface area contributed by atoms with Gasteiger partial charge in [-0.3, -0.25) is 4.79 Å². The van der Waals surface area contributed by atoms with E-state index >= 15 is 0 Å². The number of aromatic nitrogens is 4. The monoisotopic (exact) mass is 465 g/mol. The maximum absolute atomic E-state index is 14.8. The molecule has 0 spiro atoms. The Balaban J connectivity index is 2.13. The third-order valence-electron chi connectivity index (χ3n) is 4.08. The van der Waals surface area contributed by atoms with Crippen molar-refractivity contribution in [2.75, 3.05) is 11.9 Å². The van der Waals surface area contributed by atoms with Gasteiger partial charge in [0.1, 0.15) is 40.7 Å². The molecule has 0 aliphatic heterocycles. The minimum Gasteiger partial charge on any atom is -0.493 e. The van der Waals surface area contributed by atoms with Crippen LogP contribution in [-0.2, 0) is 4.79 Å². The van der Waals surface area contributed by atoms with E-state index in [2.05, 4.69) is 20.4 Å². The van der Waals surface area contributed by atoms with Crippen molar-refractivity contribution in [1.82, 2.24) is 19.6 Å². The van der Waals surface area contributed by atoms with Crippen molar-refractivity contribution in [1.29, 1.82) is 0 Å². The third-order valence-corrected chi connectivity index (χ3v) is 4.35. The summed E-state index contributed by atoms with van der Waals surface area (Å²) in [5.41, 5.74) is -1.29. The summed E-state index contributed by atoms with van der Waals surface area (Å²) in [5, 5.41) is 13.9. The average molecular weight is 466 g/mol. The highest BCUT2D eigenvalue weighted by atomic mass is 35.5. The summed E-state index contributed by atoms with van der Waals surface area (Å²) in [4.78, 5) is 18.1. The van der Waals surface area contributed by atoms with Gasteiger partial charge in [-0.05, 0) is 6.92 Å². The van der Waals surface area contributed by atoms with Crippen LogP contribution < -0.4 is 10.1 Å². The number of aliphatic carboxylic acids is 1. The van der Waals surface area contributed by atoms with Crippen LogP contribution in [-0.4, -0.2) is 49.5 Å². The van der Waals surface area contributed by atoms with E-state index in [0.29, 0.717) is 0 Å². The molecule has 1 atom stereocenters. The van der Waals surface area contributed by atoms with Gasteiger partial charge in [0.15, 0.2) is 0 Å². The Kier molecular flexibility index (Phi) is 6.15. The molecule has 0 unspecified atom stereocenters. The molecule has 166 valence electrons. The minimum atomic E-state index is -4.70. The highest BCUT2D eigenvalue weighted by Crippen LogP contribution is 2.39. The Morgan fingerprint density at radius 2 is 1.94 bits per heavy atom. The van der Waals surface area contributed by atoms with Crippen LogP contribution in [0.25, 0.3) is 16.9 Å². The number of ether oxygens (including phenoxy) is 1. The van der Waals surface area contributed by atoms with Gasteiger partial charge in [-0.25, -0.2) is 8.78 Å². The number of hydrogen-bond donors (Lipinski definition) is 2. The zero-order valence-electron chi connectivity index (χ0n) is 15.5. The van der Waals surface area contributed by atoms with E-state index in [1.54, 1.807) is 0 Å². The van der Waals surface area contributed by atoms with Gasteiger partial charge < -0.3 is 15.2 Å². The molecule has 2 aromatic heterocycles. The average Bonchev–Trinajstić information content (AvgIpc) is 3.10. The minimum absolute atomic E-state index is 0.194. The van der Waals surface area contributed by atoms with Crippen molar-refractivity contribution in [3.8, 4) is 16.9 Å². The largest absolute Gasteiger partial charge is 0.493 e. The molecule has 31 heavy (non-hydrogen) atoms. The lowest BCUT2D eigenvalue weighted by Crippen LogP contribution is -2.34. The molecule has 0 radical (unpaired) electrons. The molecule has 8 nitrogen and oxygen atoms in total. The van der Waals surface area contributed by atoms with Crippen molar-refractivity contribution >= 4 is 29.2 Å². The molecule has 0 fully saturated rings. The van der Waals surface area contributed by atoms with E-state index in [1.165, 1.54) is 0 Å². The van der Waals surface area contributed by atoms with E-state index in [9.17, 15) is 26.7 Å². The van der Waals surface area contributed by atoms with Crippen molar-refractivity contribution in [2.45, 2.75) is 25.6 Å². The van der Waals surface area contributed by atoms with Gasteiger partial charge in [-0.15, -0.1) is 0 Å². The molecule has 14 heteroatoms. The topological polar surface area (TPSA) is 102 Å². The molecular formula is C17H13ClF5N5O3. The number of benzene rings is 1. The smallest absolute Gasteiger partial charge is 0.408 e. The number of fused-ring (bicyclic) bond motifs is 1. The van der Waals surface area contributed by atoms with Crippen molar-refractivity contribution in [2.24, 2.45) is 0 Å². The lowest BCUT2D eigenvalue weighted by molar-refractivity contribution is -0.139. The van der Waals surface area contributed by atoms with Gasteiger partial charge >= 0.3 is 12.1 Å². The lowest BCUT2D eigenvalue weighted by atomic mass is 10.1. The number of rotatable bonds is 7. The zero-order valence-corrected chi connectivity index (χ0v) is 16.3. The molecular weight excluding hydrogens is 453 g/mol. The molecule has 3 aromatic rings. The van der Waals surface area contributed by atoms with Crippen LogP contribution in [0.1, 0.15) is 13.3 Å². The first-order chi connectivity index (χ1) is 14.5. The van der Waals surface area contributed by atoms with Crippen molar-refractivity contribution < 1.29 is 36.6 Å². The van der Waals surface area contributed by atoms with Gasteiger partial charge in [0.25, 0.3) is 5.78 Å². The number of alkyl halides is 3. The third kappa shape index (κ3) is 4.76. The molecule has 2 N–H and O–H groups in total. The summed E-state index contributed by atoms with van der Waals surface area (Å²) in [6, 6.07) is -0.639. The van der Waals surface area contributed by atoms with E-state index < -0.39 is 58.3 Å². The van der Waals surface area contributed by atoms with Gasteiger partial charge in [0.2, 0.25) is 0 Å². The second-order valence-corrected chi connectivity index (χ2v) is 6.62. The van der Waals surface area contributed by atoms with Gasteiger partial charge in [0.05, 0.1) is 24.2 Å². The van der Waals surface area contributed by atoms with Crippen LogP contribution in [0.3, 0.4) is 0 Å². The van der Waals surface area contributed by atoms with E-state index in [1.807, 2.05) is 0 Å². The van der Waals surface area contributed by atoms with Crippen LogP contribution in [0.4, 0.5) is 27.8 Å². The molecule has 0 aliphatic rings. The standard InChI is InChI=1S/C17H13ClF5N5O3/c1-7(17(21,22)23)26-15-13(14(18)27-16-24-6-25-28(15)16)12-9(19)4-8(5-10(12)20)31-3-2-11(29)30/h4-7,26H,2-3H2,1H3,(H,29,30)/t7-/m0/s1. The van der Waals surface area contributed by atoms with Crippen LogP contribution in [0.15, 0.2) is 18.5 Å². The Hall–Kier alpha value is -3.22. The summed E-state index contributed by atoms with van der Waals surface area (Å²) in [5.74, 6) is -4.61. The molecule has 0 bridgehead atoms. The molecule has 3 rings (SSSR count). The van der Waals surface area contributed by atoms with Crippen LogP contribution in [0, 0.1) is 11.6 Å². The first-order valence-electron chi connectivity index (χ1n) is 8.55. The first-order valence-corrected chi connectivity index (χ1v) is 8.93. The fourth-order valence-electron chi connectivity index (χ4n) is 2.59. The first kappa shape index (κ1) is 22.5. The predicted octanol–water partition coefficient (Wildman–Crippen LogP) is 3.94. The zero-order chi connectivity index (χ0) is 22.9. The molecule has 2 heterocycles. The van der Waals surface area contributed by atoms with Gasteiger partial charge in [-0.1, -0.05) is 11.6 Å². The highest BCUT2D eigenvalue weighted by molar-refractivity contribution is 6.33. The molecule has 0 aliphatic carbocycles. The molecule has 0 amide bonds. The van der Waals surface area contributed by atoms with E-state index in [0.717, 1.165) is 29.9 Å². The number of nitrogens with one attached hydrogen (secondary N) is 1. The quantitative estimate of drug-likeness (QED) is 0.402. The normalized spacial score (nSPS) is 12.7. The summed E-state index contributed by atoms with van der Waals surface area (Å²) in [7, 11) is 0. The van der Waals surface area contributed by atoms with E-state index in [4.69, 9.17) is 21.4 Å². The van der Waals surface area contributed by atoms with Crippen LogP contribution in [0.2, 0.25) is 5.15 Å². The summed E-state index contributed by atoms with van der Waals surface area (Å²) < 4.78 is 74.8. The Morgan fingerprint density at radius 3 is 2.52 bits per heavy atom. The summed E-state index contributed by atoms with van der Waals surface area (Å²) in [6.45, 7) is 0.448. The second-order valence-electron chi connectivity index (χ2n) is 6.26. The maximum Gasteiger partial charge on any atom is 0.408 e. The number of carboxylic acid groups (broad SMARTS) is 1. The van der Waals surface area contributed by atoms with E-state index in [-0.39, 0.29) is 18.1 Å². The van der Waals surface area contributed by atoms with Crippen LogP contribution >= 0.6 is 11.6 Å². The SMILES string of the molecule is C[C@H](Nc1c(-c2c(F)cc(OCCC(=O)O)cc2F)c(Cl)nc2ncnn12)C(F)(F)F. The molecule has 1 aromatic carbocycles. The Labute approximate surface area is 175 Å². The Morgan fingerprint density at radius 1 is 1.29 bits per heavy atom. The molecule has 0 saturated heterocycles. The van der Waals surface area contributed by atoms with Gasteiger partial charge in [-0.2, -0.15) is 32.8 Å². The van der Waals surface area contributed by atoms with Crippen molar-refractivity contribution in [3.05, 3.63) is 35.2 Å². The number of carboxylic acids is 1. The number of carbonyl (C=O) groups is 1. The second kappa shape index (κ2) is 8.49. The number of anilines is 1. The number of hydrogen-bond acceptors (Lipinski definition) is 6. The summed E-state index contributed by atoms with van der Waals surface area (Å²) >= 11 is 6.06. The van der Waals surface area contributed by atoms with Gasteiger partial charge in [0, 0.05) is 12.1 Å². The maximum atomic E-state index is 14.8. The number of halogens is 6. The highest BCUT2D eigenvalue weighted by Gasteiger charge is 2.37. The lowest BCUT2D eigenvalue weighted by Gasteiger charge is -2.21. The van der Waals surface area contributed by atoms with Crippen LogP contribution in [0.5, 0.6) is 5.75 Å². The van der Waals surface area contributed by atoms with Crippen molar-refractivity contribution in [3.63, 3.8) is 0 Å². The Bertz CT molecular complexity index is 1110. The predicted molar refractivity (Wildman–Crippen MR) is 98.0 cm³/mol. The summed E-state index contributed by atoms with van der Waals surface area (Å²) in [6.07, 6.45) is -4.12. The fourth-order valence-corrected chi connectivity index (χ4v) is 2.85. The fraction of sp³-hybridized carbons (Fsp3) is 0.294. The molecule has 0 saturated carbocycles.